The van der Waals surface area contributed by atoms with E-state index in [-0.39, 0.29) is 12.4 Å². The van der Waals surface area contributed by atoms with Crippen molar-refractivity contribution in [3.8, 4) is 0 Å². The van der Waals surface area contributed by atoms with Crippen molar-refractivity contribution in [2.45, 2.75) is 13.5 Å². The molecule has 2 aromatic carbocycles. The van der Waals surface area contributed by atoms with Crippen LogP contribution in [0.3, 0.4) is 0 Å². The number of nitrogen functional groups attached to an aromatic ring is 1. The maximum Gasteiger partial charge on any atom is 0.329 e. The zero-order valence-electron chi connectivity index (χ0n) is 12.0. The van der Waals surface area contributed by atoms with Crippen molar-refractivity contribution in [3.63, 3.8) is 0 Å². The molecule has 0 aliphatic heterocycles. The van der Waals surface area contributed by atoms with E-state index in [2.05, 4.69) is 5.32 Å². The monoisotopic (exact) mass is 301 g/mol. The third-order valence-corrected chi connectivity index (χ3v) is 2.98. The summed E-state index contributed by atoms with van der Waals surface area (Å²) < 4.78 is 13.1. The number of imide groups is 1. The number of carbonyl (C=O) groups excluding carboxylic acids is 2. The second-order valence-electron chi connectivity index (χ2n) is 4.74. The fourth-order valence-corrected chi connectivity index (χ4v) is 2.01. The van der Waals surface area contributed by atoms with E-state index >= 15 is 0 Å². The van der Waals surface area contributed by atoms with Gasteiger partial charge in [0, 0.05) is 19.2 Å². The molecule has 0 spiro atoms. The summed E-state index contributed by atoms with van der Waals surface area (Å²) in [6.07, 6.45) is 0. The highest BCUT2D eigenvalue weighted by atomic mass is 19.1. The summed E-state index contributed by atoms with van der Waals surface area (Å²) in [5.74, 6) is -0.826. The molecule has 0 fully saturated rings. The molecule has 2 rings (SSSR count). The van der Waals surface area contributed by atoms with Gasteiger partial charge in [0.15, 0.2) is 0 Å². The number of hydrogen-bond acceptors (Lipinski definition) is 3. The van der Waals surface area contributed by atoms with E-state index in [0.29, 0.717) is 16.9 Å². The van der Waals surface area contributed by atoms with Gasteiger partial charge in [-0.15, -0.1) is 0 Å². The van der Waals surface area contributed by atoms with Crippen LogP contribution in [0, 0.1) is 5.82 Å². The smallest absolute Gasteiger partial charge is 0.329 e. The van der Waals surface area contributed by atoms with Gasteiger partial charge in [-0.2, -0.15) is 0 Å². The van der Waals surface area contributed by atoms with Crippen molar-refractivity contribution in [3.05, 3.63) is 59.9 Å². The summed E-state index contributed by atoms with van der Waals surface area (Å²) in [5.41, 5.74) is 7.09. The highest BCUT2D eigenvalue weighted by molar-refractivity contribution is 6.13. The predicted molar refractivity (Wildman–Crippen MR) is 82.7 cm³/mol. The lowest BCUT2D eigenvalue weighted by molar-refractivity contribution is -0.115. The third kappa shape index (κ3) is 3.82. The van der Waals surface area contributed by atoms with E-state index in [1.807, 2.05) is 0 Å². The number of urea groups is 1. The molecule has 0 unspecified atom stereocenters. The van der Waals surface area contributed by atoms with E-state index < -0.39 is 11.9 Å². The van der Waals surface area contributed by atoms with Crippen LogP contribution >= 0.6 is 0 Å². The van der Waals surface area contributed by atoms with Crippen LogP contribution in [-0.4, -0.2) is 11.9 Å². The second-order valence-corrected chi connectivity index (χ2v) is 4.74. The second kappa shape index (κ2) is 6.71. The number of halogens is 1. The number of nitrogens with zero attached hydrogens (tertiary/aromatic N) is 1. The number of rotatable bonds is 3. The van der Waals surface area contributed by atoms with E-state index in [1.165, 1.54) is 25.1 Å². The van der Waals surface area contributed by atoms with Gasteiger partial charge in [-0.3, -0.25) is 4.79 Å². The van der Waals surface area contributed by atoms with Gasteiger partial charge in [-0.05, 0) is 35.9 Å². The summed E-state index contributed by atoms with van der Waals surface area (Å²) in [5, 5.41) is 2.58. The van der Waals surface area contributed by atoms with Crippen molar-refractivity contribution in [1.29, 1.82) is 0 Å². The van der Waals surface area contributed by atoms with Crippen LogP contribution < -0.4 is 16.0 Å². The Kier molecular flexibility index (Phi) is 4.73. The molecular formula is C16H16FN3O2. The molecule has 0 aliphatic carbocycles. The number of hydrogen-bond donors (Lipinski definition) is 2. The lowest BCUT2D eigenvalue weighted by Gasteiger charge is -2.20. The molecule has 0 atom stereocenters. The summed E-state index contributed by atoms with van der Waals surface area (Å²) in [6.45, 7) is 1.40. The Labute approximate surface area is 127 Å². The van der Waals surface area contributed by atoms with Crippen LogP contribution in [0.25, 0.3) is 0 Å². The minimum atomic E-state index is -0.595. The van der Waals surface area contributed by atoms with E-state index in [9.17, 15) is 14.0 Å². The van der Waals surface area contributed by atoms with Gasteiger partial charge in [-0.25, -0.2) is 14.1 Å². The van der Waals surface area contributed by atoms with Gasteiger partial charge < -0.3 is 11.1 Å². The fraction of sp³-hybridized carbons (Fsp3) is 0.125. The normalized spacial score (nSPS) is 10.1. The van der Waals surface area contributed by atoms with Crippen LogP contribution in [0.2, 0.25) is 0 Å². The van der Waals surface area contributed by atoms with E-state index in [4.69, 9.17) is 5.73 Å². The van der Waals surface area contributed by atoms with Gasteiger partial charge in [0.05, 0.1) is 5.69 Å². The van der Waals surface area contributed by atoms with Crippen LogP contribution in [0.15, 0.2) is 48.5 Å². The minimum Gasteiger partial charge on any atom is -0.399 e. The van der Waals surface area contributed by atoms with E-state index in [1.54, 1.807) is 30.3 Å². The molecule has 3 N–H and O–H groups in total. The molecule has 3 amide bonds. The number of nitrogens with two attached hydrogens (primary N) is 1. The number of benzene rings is 2. The molecular weight excluding hydrogens is 285 g/mol. The first kappa shape index (κ1) is 15.5. The first-order valence-electron chi connectivity index (χ1n) is 6.66. The molecule has 5 nitrogen and oxygen atoms in total. The zero-order chi connectivity index (χ0) is 16.1. The van der Waals surface area contributed by atoms with Gasteiger partial charge in [-0.1, -0.05) is 18.2 Å². The molecule has 0 radical (unpaired) electrons. The molecule has 0 saturated carbocycles. The van der Waals surface area contributed by atoms with Gasteiger partial charge in [0.1, 0.15) is 5.82 Å². The maximum atomic E-state index is 13.1. The van der Waals surface area contributed by atoms with Crippen LogP contribution in [0.5, 0.6) is 0 Å². The number of carbonyl (C=O) groups is 2. The fourth-order valence-electron chi connectivity index (χ4n) is 2.01. The maximum absolute atomic E-state index is 13.1. The van der Waals surface area contributed by atoms with Crippen molar-refractivity contribution in [1.82, 2.24) is 5.32 Å². The Balaban J connectivity index is 2.12. The van der Waals surface area contributed by atoms with Crippen molar-refractivity contribution in [2.75, 3.05) is 10.6 Å². The average Bonchev–Trinajstić information content (AvgIpc) is 2.45. The topological polar surface area (TPSA) is 75.4 Å². The molecule has 0 aromatic heterocycles. The first-order chi connectivity index (χ1) is 10.5. The van der Waals surface area contributed by atoms with Crippen LogP contribution in [0.1, 0.15) is 12.5 Å². The summed E-state index contributed by atoms with van der Waals surface area (Å²) in [4.78, 5) is 24.9. The number of anilines is 2. The standard InChI is InChI=1S/C16H16FN3O2/c1-11(21)20(15-7-3-6-14(18)9-15)16(22)19-10-12-4-2-5-13(17)8-12/h2-9H,10,18H2,1H3,(H,19,22). The Morgan fingerprint density at radius 3 is 2.55 bits per heavy atom. The van der Waals surface area contributed by atoms with Crippen molar-refractivity contribution >= 4 is 23.3 Å². The summed E-state index contributed by atoms with van der Waals surface area (Å²) in [6, 6.07) is 11.7. The Morgan fingerprint density at radius 2 is 1.91 bits per heavy atom. The third-order valence-electron chi connectivity index (χ3n) is 2.98. The Bertz CT molecular complexity index is 703. The molecule has 0 aliphatic rings. The van der Waals surface area contributed by atoms with Gasteiger partial charge in [0.2, 0.25) is 5.91 Å². The highest BCUT2D eigenvalue weighted by Crippen LogP contribution is 2.18. The average molecular weight is 301 g/mol. The molecule has 22 heavy (non-hydrogen) atoms. The zero-order valence-corrected chi connectivity index (χ0v) is 12.0. The quantitative estimate of drug-likeness (QED) is 0.856. The molecule has 114 valence electrons. The van der Waals surface area contributed by atoms with Crippen LogP contribution in [0.4, 0.5) is 20.6 Å². The molecule has 0 heterocycles. The number of amides is 3. The number of nitrogens with one attached hydrogen (secondary N) is 1. The Morgan fingerprint density at radius 1 is 1.18 bits per heavy atom. The van der Waals surface area contributed by atoms with Gasteiger partial charge >= 0.3 is 6.03 Å². The SMILES string of the molecule is CC(=O)N(C(=O)NCc1cccc(F)c1)c1cccc(N)c1. The van der Waals surface area contributed by atoms with Crippen molar-refractivity contribution < 1.29 is 14.0 Å². The largest absolute Gasteiger partial charge is 0.399 e. The lowest BCUT2D eigenvalue weighted by Crippen LogP contribution is -2.42. The van der Waals surface area contributed by atoms with Crippen LogP contribution in [-0.2, 0) is 11.3 Å². The summed E-state index contributed by atoms with van der Waals surface area (Å²) in [7, 11) is 0. The highest BCUT2D eigenvalue weighted by Gasteiger charge is 2.20. The first-order valence-corrected chi connectivity index (χ1v) is 6.66. The predicted octanol–water partition coefficient (Wildman–Crippen LogP) is 2.67. The molecule has 2 aromatic rings. The van der Waals surface area contributed by atoms with E-state index in [0.717, 1.165) is 4.90 Å². The Hall–Kier alpha value is -2.89. The molecule has 0 saturated heterocycles. The van der Waals surface area contributed by atoms with Gasteiger partial charge in [0.25, 0.3) is 0 Å². The summed E-state index contributed by atoms with van der Waals surface area (Å²) >= 11 is 0. The molecule has 0 bridgehead atoms. The van der Waals surface area contributed by atoms with Crippen molar-refractivity contribution in [2.24, 2.45) is 0 Å². The molecule has 6 heteroatoms. The lowest BCUT2D eigenvalue weighted by atomic mass is 10.2. The minimum absolute atomic E-state index is 0.114.